The van der Waals surface area contributed by atoms with Crippen molar-refractivity contribution in [1.29, 1.82) is 0 Å². The smallest absolute Gasteiger partial charge is 0.162 e. The van der Waals surface area contributed by atoms with E-state index in [1.54, 1.807) is 7.11 Å². The zero-order chi connectivity index (χ0) is 19.5. The lowest BCUT2D eigenvalue weighted by atomic mass is 10.0. The van der Waals surface area contributed by atoms with Crippen LogP contribution in [-0.2, 0) is 13.0 Å². The minimum Gasteiger partial charge on any atom is -0.496 e. The SMILES string of the molecule is COc1ccccc1-c1ncc(CN2C[C@@H](Cc3cc(C)[nH]n3)[C@H](O)C2)cn1. The molecule has 2 N–H and O–H groups in total. The predicted octanol–water partition coefficient (Wildman–Crippen LogP) is 2.22. The second-order valence-corrected chi connectivity index (χ2v) is 7.38. The van der Waals surface area contributed by atoms with Crippen molar-refractivity contribution in [2.75, 3.05) is 20.2 Å². The molecule has 2 atom stereocenters. The minimum atomic E-state index is -0.342. The van der Waals surface area contributed by atoms with Crippen LogP contribution in [0.2, 0.25) is 0 Å². The molecule has 1 aliphatic heterocycles. The van der Waals surface area contributed by atoms with E-state index in [0.29, 0.717) is 12.4 Å². The van der Waals surface area contributed by atoms with Crippen molar-refractivity contribution >= 4 is 0 Å². The Balaban J connectivity index is 1.39. The first-order valence-corrected chi connectivity index (χ1v) is 9.48. The lowest BCUT2D eigenvalue weighted by Crippen LogP contribution is -2.21. The van der Waals surface area contributed by atoms with Crippen LogP contribution in [0.5, 0.6) is 5.75 Å². The minimum absolute atomic E-state index is 0.191. The molecule has 1 fully saturated rings. The van der Waals surface area contributed by atoms with Gasteiger partial charge >= 0.3 is 0 Å². The molecule has 7 nitrogen and oxygen atoms in total. The molecule has 1 aromatic carbocycles. The standard InChI is InChI=1S/C21H25N5O2/c1-14-7-17(25-24-14)8-16-12-26(13-19(16)27)11-15-9-22-21(23-10-15)18-5-3-4-6-20(18)28-2/h3-7,9-10,16,19,27H,8,11-13H2,1-2H3,(H,24,25)/t16-,19-/m1/s1. The molecule has 0 amide bonds. The van der Waals surface area contributed by atoms with Gasteiger partial charge < -0.3 is 9.84 Å². The number of aryl methyl sites for hydroxylation is 1. The first-order valence-electron chi connectivity index (χ1n) is 9.48. The van der Waals surface area contributed by atoms with E-state index in [2.05, 4.69) is 25.1 Å². The van der Waals surface area contributed by atoms with Crippen molar-refractivity contribution in [2.45, 2.75) is 26.0 Å². The molecule has 0 spiro atoms. The summed E-state index contributed by atoms with van der Waals surface area (Å²) in [5, 5.41) is 17.7. The quantitative estimate of drug-likeness (QED) is 0.683. The van der Waals surface area contributed by atoms with Gasteiger partial charge in [0, 0.05) is 49.2 Å². The lowest BCUT2D eigenvalue weighted by Gasteiger charge is -2.15. The van der Waals surface area contributed by atoms with E-state index in [-0.39, 0.29) is 12.0 Å². The monoisotopic (exact) mass is 379 g/mol. The summed E-state index contributed by atoms with van der Waals surface area (Å²) in [6.45, 7) is 4.20. The van der Waals surface area contributed by atoms with Gasteiger partial charge in [0.2, 0.25) is 0 Å². The van der Waals surface area contributed by atoms with E-state index in [1.807, 2.05) is 49.6 Å². The number of para-hydroxylation sites is 1. The average molecular weight is 379 g/mol. The number of likely N-dealkylation sites (tertiary alicyclic amines) is 1. The van der Waals surface area contributed by atoms with E-state index in [9.17, 15) is 5.11 Å². The summed E-state index contributed by atoms with van der Waals surface area (Å²) in [5.74, 6) is 1.60. The van der Waals surface area contributed by atoms with Crippen molar-refractivity contribution < 1.29 is 9.84 Å². The highest BCUT2D eigenvalue weighted by Crippen LogP contribution is 2.27. The largest absolute Gasteiger partial charge is 0.496 e. The number of benzene rings is 1. The molecule has 3 aromatic rings. The zero-order valence-electron chi connectivity index (χ0n) is 16.2. The summed E-state index contributed by atoms with van der Waals surface area (Å²) in [7, 11) is 1.65. The third-order valence-electron chi connectivity index (χ3n) is 5.17. The van der Waals surface area contributed by atoms with Crippen LogP contribution in [0.1, 0.15) is 17.0 Å². The molecular formula is C21H25N5O2. The number of aliphatic hydroxyl groups excluding tert-OH is 1. The number of hydrogen-bond donors (Lipinski definition) is 2. The number of aromatic amines is 1. The third-order valence-corrected chi connectivity index (χ3v) is 5.17. The maximum absolute atomic E-state index is 10.4. The van der Waals surface area contributed by atoms with E-state index in [4.69, 9.17) is 4.74 Å². The molecule has 3 heterocycles. The molecule has 4 rings (SSSR count). The van der Waals surface area contributed by atoms with Gasteiger partial charge in [0.05, 0.1) is 24.5 Å². The molecule has 7 heteroatoms. The Hall–Kier alpha value is -2.77. The topological polar surface area (TPSA) is 87.2 Å². The van der Waals surface area contributed by atoms with Crippen LogP contribution >= 0.6 is 0 Å². The Kier molecular flexibility index (Phi) is 5.36. The number of ether oxygens (including phenoxy) is 1. The summed E-state index contributed by atoms with van der Waals surface area (Å²) in [4.78, 5) is 11.3. The molecule has 0 saturated carbocycles. The van der Waals surface area contributed by atoms with Crippen LogP contribution in [0.3, 0.4) is 0 Å². The maximum atomic E-state index is 10.4. The highest BCUT2D eigenvalue weighted by Gasteiger charge is 2.31. The molecule has 0 radical (unpaired) electrons. The van der Waals surface area contributed by atoms with Gasteiger partial charge in [-0.1, -0.05) is 12.1 Å². The fourth-order valence-corrected chi connectivity index (χ4v) is 3.78. The van der Waals surface area contributed by atoms with Crippen LogP contribution in [-0.4, -0.2) is 56.5 Å². The van der Waals surface area contributed by atoms with Crippen LogP contribution in [0.25, 0.3) is 11.4 Å². The van der Waals surface area contributed by atoms with Gasteiger partial charge in [-0.2, -0.15) is 5.10 Å². The number of hydrogen-bond acceptors (Lipinski definition) is 6. The van der Waals surface area contributed by atoms with Gasteiger partial charge in [0.25, 0.3) is 0 Å². The second-order valence-electron chi connectivity index (χ2n) is 7.38. The van der Waals surface area contributed by atoms with Gasteiger partial charge in [0.15, 0.2) is 5.82 Å². The molecule has 0 aliphatic carbocycles. The summed E-state index contributed by atoms with van der Waals surface area (Å²) < 4.78 is 5.39. The van der Waals surface area contributed by atoms with Crippen LogP contribution in [0.4, 0.5) is 0 Å². The first kappa shape index (κ1) is 18.6. The summed E-state index contributed by atoms with van der Waals surface area (Å²) >= 11 is 0. The highest BCUT2D eigenvalue weighted by molar-refractivity contribution is 5.63. The molecule has 0 bridgehead atoms. The molecule has 1 saturated heterocycles. The number of aliphatic hydroxyl groups is 1. The molecule has 2 aromatic heterocycles. The van der Waals surface area contributed by atoms with Gasteiger partial charge in [-0.05, 0) is 31.5 Å². The van der Waals surface area contributed by atoms with Gasteiger partial charge in [-0.25, -0.2) is 9.97 Å². The Morgan fingerprint density at radius 3 is 2.71 bits per heavy atom. The van der Waals surface area contributed by atoms with Crippen molar-refractivity contribution in [3.8, 4) is 17.1 Å². The fourth-order valence-electron chi connectivity index (χ4n) is 3.78. The fraction of sp³-hybridized carbons (Fsp3) is 0.381. The number of rotatable bonds is 6. The van der Waals surface area contributed by atoms with Gasteiger partial charge in [0.1, 0.15) is 5.75 Å². The van der Waals surface area contributed by atoms with Crippen molar-refractivity contribution in [1.82, 2.24) is 25.1 Å². The average Bonchev–Trinajstić information content (AvgIpc) is 3.27. The molecule has 28 heavy (non-hydrogen) atoms. The van der Waals surface area contributed by atoms with Crippen molar-refractivity contribution in [2.24, 2.45) is 5.92 Å². The van der Waals surface area contributed by atoms with E-state index >= 15 is 0 Å². The number of nitrogens with zero attached hydrogens (tertiary/aromatic N) is 4. The van der Waals surface area contributed by atoms with E-state index in [1.165, 1.54) is 0 Å². The van der Waals surface area contributed by atoms with Crippen molar-refractivity contribution in [3.05, 3.63) is 59.7 Å². The number of H-pyrrole nitrogens is 1. The van der Waals surface area contributed by atoms with E-state index < -0.39 is 0 Å². The van der Waals surface area contributed by atoms with E-state index in [0.717, 1.165) is 47.8 Å². The number of nitrogens with one attached hydrogen (secondary N) is 1. The first-order chi connectivity index (χ1) is 13.6. The molecule has 0 unspecified atom stereocenters. The third kappa shape index (κ3) is 4.05. The van der Waals surface area contributed by atoms with Gasteiger partial charge in [-0.15, -0.1) is 0 Å². The summed E-state index contributed by atoms with van der Waals surface area (Å²) in [6.07, 6.45) is 4.15. The van der Waals surface area contributed by atoms with Crippen LogP contribution in [0.15, 0.2) is 42.7 Å². The Morgan fingerprint density at radius 1 is 1.21 bits per heavy atom. The normalized spacial score (nSPS) is 19.8. The van der Waals surface area contributed by atoms with Crippen LogP contribution in [0, 0.1) is 12.8 Å². The zero-order valence-corrected chi connectivity index (χ0v) is 16.2. The van der Waals surface area contributed by atoms with Crippen molar-refractivity contribution in [3.63, 3.8) is 0 Å². The molecule has 1 aliphatic rings. The number of methoxy groups -OCH3 is 1. The van der Waals surface area contributed by atoms with Crippen LogP contribution < -0.4 is 4.74 Å². The second kappa shape index (κ2) is 8.08. The van der Waals surface area contributed by atoms with Gasteiger partial charge in [-0.3, -0.25) is 10.00 Å². The Labute approximate surface area is 164 Å². The summed E-state index contributed by atoms with van der Waals surface area (Å²) in [6, 6.07) is 9.77. The highest BCUT2D eigenvalue weighted by atomic mass is 16.5. The summed E-state index contributed by atoms with van der Waals surface area (Å²) in [5.41, 5.74) is 3.96. The Morgan fingerprint density at radius 2 is 2.00 bits per heavy atom. The lowest BCUT2D eigenvalue weighted by molar-refractivity contribution is 0.140. The predicted molar refractivity (Wildman–Crippen MR) is 106 cm³/mol. The maximum Gasteiger partial charge on any atom is 0.162 e. The molecule has 146 valence electrons. The number of aromatic nitrogens is 4. The Bertz CT molecular complexity index is 925. The number of β-amino-alcohol motifs (C(OH)–C–C–N with tert-alkyl or cyclic N) is 1. The molecular weight excluding hydrogens is 354 g/mol.